The molecule has 0 bridgehead atoms. The number of rotatable bonds is 12. The SMILES string of the molecule is CCC[CH2][Sn]([CH2]CCC)([CH2]CCC)[c]1cc(C(C)C)cc(C(C)C)c1. The molecule has 0 spiro atoms. The number of hydrogen-bond donors (Lipinski definition) is 0. The molecule has 0 heterocycles. The zero-order valence-corrected chi connectivity index (χ0v) is 21.1. The van der Waals surface area contributed by atoms with Crippen molar-refractivity contribution in [3.8, 4) is 0 Å². The summed E-state index contributed by atoms with van der Waals surface area (Å²) in [6, 6.07) is 7.82. The van der Waals surface area contributed by atoms with E-state index in [0.29, 0.717) is 11.8 Å². The van der Waals surface area contributed by atoms with E-state index in [-0.39, 0.29) is 0 Å². The van der Waals surface area contributed by atoms with Crippen LogP contribution >= 0.6 is 0 Å². The van der Waals surface area contributed by atoms with E-state index in [0.717, 1.165) is 0 Å². The van der Waals surface area contributed by atoms with Crippen LogP contribution in [-0.4, -0.2) is 18.4 Å². The van der Waals surface area contributed by atoms with E-state index < -0.39 is 18.4 Å². The summed E-state index contributed by atoms with van der Waals surface area (Å²) >= 11 is -2.30. The van der Waals surface area contributed by atoms with Crippen LogP contribution in [0.2, 0.25) is 13.3 Å². The standard InChI is InChI=1S/C12H17.3C4H9.Sn/c1-9(2)11-6-5-7-12(8-11)10(3)4;3*1-3-4-2;/h6-10H,1-4H3;3*1,3-4H2,2H3;. The third-order valence-corrected chi connectivity index (χ3v) is 21.5. The Labute approximate surface area is 163 Å². The average Bonchev–Trinajstić information content (AvgIpc) is 2.61. The second kappa shape index (κ2) is 11.7. The van der Waals surface area contributed by atoms with E-state index in [1.807, 2.05) is 3.58 Å². The zero-order valence-electron chi connectivity index (χ0n) is 18.3. The van der Waals surface area contributed by atoms with Crippen molar-refractivity contribution < 1.29 is 0 Å². The summed E-state index contributed by atoms with van der Waals surface area (Å²) in [4.78, 5) is 0. The normalized spacial score (nSPS) is 12.4. The Morgan fingerprint density at radius 2 is 1.00 bits per heavy atom. The van der Waals surface area contributed by atoms with Gasteiger partial charge in [0.05, 0.1) is 0 Å². The van der Waals surface area contributed by atoms with Crippen LogP contribution in [-0.2, 0) is 0 Å². The van der Waals surface area contributed by atoms with Gasteiger partial charge in [0.2, 0.25) is 0 Å². The molecule has 0 saturated carbocycles. The maximum atomic E-state index is 2.66. The molecular formula is C24H44Sn. The Morgan fingerprint density at radius 3 is 1.28 bits per heavy atom. The molecule has 1 aromatic rings. The third kappa shape index (κ3) is 6.92. The van der Waals surface area contributed by atoms with Gasteiger partial charge in [0, 0.05) is 0 Å². The maximum absolute atomic E-state index is 2.66. The van der Waals surface area contributed by atoms with Gasteiger partial charge < -0.3 is 0 Å². The molecule has 0 nitrogen and oxygen atoms in total. The molecule has 0 aromatic heterocycles. The molecule has 0 atom stereocenters. The molecule has 0 fully saturated rings. The molecule has 25 heavy (non-hydrogen) atoms. The molecule has 0 aliphatic rings. The second-order valence-corrected chi connectivity index (χ2v) is 22.0. The van der Waals surface area contributed by atoms with Crippen molar-refractivity contribution in [1.29, 1.82) is 0 Å². The average molecular weight is 451 g/mol. The van der Waals surface area contributed by atoms with Gasteiger partial charge >= 0.3 is 163 Å². The Bertz CT molecular complexity index is 439. The molecule has 0 aliphatic heterocycles. The second-order valence-electron chi connectivity index (χ2n) is 8.79. The van der Waals surface area contributed by atoms with Crippen molar-refractivity contribution in [2.24, 2.45) is 0 Å². The van der Waals surface area contributed by atoms with Crippen LogP contribution < -0.4 is 3.58 Å². The molecule has 144 valence electrons. The monoisotopic (exact) mass is 452 g/mol. The molecule has 1 heteroatoms. The number of unbranched alkanes of at least 4 members (excludes halogenated alkanes) is 3. The molecule has 0 aliphatic carbocycles. The Kier molecular flexibility index (Phi) is 10.8. The molecule has 0 amide bonds. The van der Waals surface area contributed by atoms with Gasteiger partial charge in [-0.1, -0.05) is 0 Å². The fraction of sp³-hybridized carbons (Fsp3) is 0.750. The van der Waals surface area contributed by atoms with E-state index in [9.17, 15) is 0 Å². The molecule has 0 saturated heterocycles. The van der Waals surface area contributed by atoms with Crippen LogP contribution in [0.5, 0.6) is 0 Å². The van der Waals surface area contributed by atoms with Gasteiger partial charge in [0.15, 0.2) is 0 Å². The van der Waals surface area contributed by atoms with Crippen molar-refractivity contribution in [2.75, 3.05) is 0 Å². The number of benzene rings is 1. The molecule has 0 radical (unpaired) electrons. The van der Waals surface area contributed by atoms with Gasteiger partial charge in [-0.05, 0) is 0 Å². The predicted octanol–water partition coefficient (Wildman–Crippen LogP) is 7.99. The van der Waals surface area contributed by atoms with Gasteiger partial charge in [0.25, 0.3) is 0 Å². The summed E-state index contributed by atoms with van der Waals surface area (Å²) in [5.74, 6) is 1.29. The van der Waals surface area contributed by atoms with Gasteiger partial charge in [-0.25, -0.2) is 0 Å². The first-order valence-electron chi connectivity index (χ1n) is 11.1. The van der Waals surface area contributed by atoms with E-state index in [1.54, 1.807) is 24.4 Å². The first-order chi connectivity index (χ1) is 11.9. The van der Waals surface area contributed by atoms with Crippen molar-refractivity contribution >= 4 is 22.0 Å². The molecule has 1 aromatic carbocycles. The molecule has 1 rings (SSSR count). The van der Waals surface area contributed by atoms with Gasteiger partial charge in [-0.15, -0.1) is 0 Å². The van der Waals surface area contributed by atoms with E-state index in [2.05, 4.69) is 66.7 Å². The van der Waals surface area contributed by atoms with Crippen molar-refractivity contribution in [2.45, 2.75) is 112 Å². The predicted molar refractivity (Wildman–Crippen MR) is 119 cm³/mol. The minimum atomic E-state index is -2.30. The van der Waals surface area contributed by atoms with Crippen LogP contribution in [0.4, 0.5) is 0 Å². The fourth-order valence-electron chi connectivity index (χ4n) is 4.00. The molecule has 0 unspecified atom stereocenters. The molecule has 0 N–H and O–H groups in total. The summed E-state index contributed by atoms with van der Waals surface area (Å²) in [7, 11) is 0. The van der Waals surface area contributed by atoms with Gasteiger partial charge in [-0.3, -0.25) is 0 Å². The summed E-state index contributed by atoms with van der Waals surface area (Å²) in [6.07, 6.45) is 8.43. The quantitative estimate of drug-likeness (QED) is 0.283. The van der Waals surface area contributed by atoms with Gasteiger partial charge in [0.1, 0.15) is 0 Å². The fourth-order valence-corrected chi connectivity index (χ4v) is 20.1. The summed E-state index contributed by atoms with van der Waals surface area (Å²) in [5.41, 5.74) is 3.18. The van der Waals surface area contributed by atoms with Gasteiger partial charge in [-0.2, -0.15) is 0 Å². The summed E-state index contributed by atoms with van der Waals surface area (Å²) in [5, 5.41) is 0. The first kappa shape index (κ1) is 23.1. The summed E-state index contributed by atoms with van der Waals surface area (Å²) in [6.45, 7) is 16.6. The zero-order chi connectivity index (χ0) is 18.9. The first-order valence-corrected chi connectivity index (χ1v) is 18.5. The van der Waals surface area contributed by atoms with Crippen LogP contribution in [0.1, 0.15) is 110 Å². The van der Waals surface area contributed by atoms with Crippen LogP contribution in [0.15, 0.2) is 18.2 Å². The topological polar surface area (TPSA) is 0 Å². The van der Waals surface area contributed by atoms with Crippen LogP contribution in [0.25, 0.3) is 0 Å². The molecular weight excluding hydrogens is 407 g/mol. The van der Waals surface area contributed by atoms with Crippen LogP contribution in [0, 0.1) is 0 Å². The Hall–Kier alpha value is 0.0187. The van der Waals surface area contributed by atoms with E-state index in [4.69, 9.17) is 0 Å². The van der Waals surface area contributed by atoms with Crippen molar-refractivity contribution in [1.82, 2.24) is 0 Å². The number of hydrogen-bond acceptors (Lipinski definition) is 0. The Balaban J connectivity index is 3.42. The minimum absolute atomic E-state index is 0.643. The van der Waals surface area contributed by atoms with Crippen LogP contribution in [0.3, 0.4) is 0 Å². The summed E-state index contributed by atoms with van der Waals surface area (Å²) < 4.78 is 6.58. The Morgan fingerprint density at radius 1 is 0.640 bits per heavy atom. The van der Waals surface area contributed by atoms with E-state index >= 15 is 0 Å². The van der Waals surface area contributed by atoms with E-state index in [1.165, 1.54) is 38.5 Å². The van der Waals surface area contributed by atoms with Crippen molar-refractivity contribution in [3.63, 3.8) is 0 Å². The van der Waals surface area contributed by atoms with Crippen molar-refractivity contribution in [3.05, 3.63) is 29.3 Å². The third-order valence-electron chi connectivity index (χ3n) is 5.95.